The lowest BCUT2D eigenvalue weighted by Gasteiger charge is -2.43. The van der Waals surface area contributed by atoms with Gasteiger partial charge in [-0.05, 0) is 43.7 Å². The van der Waals surface area contributed by atoms with E-state index in [0.29, 0.717) is 25.0 Å². The second-order valence-corrected chi connectivity index (χ2v) is 7.46. The van der Waals surface area contributed by atoms with Gasteiger partial charge in [0.2, 0.25) is 5.91 Å². The van der Waals surface area contributed by atoms with E-state index in [1.807, 2.05) is 18.2 Å². The van der Waals surface area contributed by atoms with E-state index in [1.54, 1.807) is 6.20 Å². The maximum atomic E-state index is 12.8. The molecule has 3 aliphatic rings. The second-order valence-electron chi connectivity index (χ2n) is 7.46. The summed E-state index contributed by atoms with van der Waals surface area (Å²) >= 11 is 0. The first-order valence-corrected chi connectivity index (χ1v) is 9.16. The van der Waals surface area contributed by atoms with E-state index in [2.05, 4.69) is 16.8 Å². The van der Waals surface area contributed by atoms with Gasteiger partial charge in [-0.3, -0.25) is 9.78 Å². The maximum Gasteiger partial charge on any atom is 0.226 e. The summed E-state index contributed by atoms with van der Waals surface area (Å²) < 4.78 is 12.1. The third-order valence-corrected chi connectivity index (χ3v) is 5.71. The van der Waals surface area contributed by atoms with Gasteiger partial charge in [-0.25, -0.2) is 0 Å². The number of nitrogens with zero attached hydrogens (tertiary/aromatic N) is 2. The lowest BCUT2D eigenvalue weighted by Crippen LogP contribution is -2.56. The Morgan fingerprint density at radius 1 is 1.38 bits per heavy atom. The number of fused-ring (bicyclic) bond motifs is 1. The van der Waals surface area contributed by atoms with Gasteiger partial charge in [0.25, 0.3) is 0 Å². The lowest BCUT2D eigenvalue weighted by molar-refractivity contribution is -0.159. The highest BCUT2D eigenvalue weighted by Crippen LogP contribution is 2.38. The monoisotopic (exact) mass is 330 g/mol. The first kappa shape index (κ1) is 16.0. The number of morpholine rings is 1. The van der Waals surface area contributed by atoms with Crippen molar-refractivity contribution in [2.75, 3.05) is 13.2 Å². The van der Waals surface area contributed by atoms with Gasteiger partial charge in [0, 0.05) is 18.7 Å². The molecule has 1 aromatic heterocycles. The van der Waals surface area contributed by atoms with Crippen LogP contribution in [-0.2, 0) is 20.9 Å². The second kappa shape index (κ2) is 6.81. The summed E-state index contributed by atoms with van der Waals surface area (Å²) in [5, 5.41) is 0. The minimum Gasteiger partial charge on any atom is -0.372 e. The van der Waals surface area contributed by atoms with E-state index >= 15 is 0 Å². The van der Waals surface area contributed by atoms with Crippen molar-refractivity contribution in [1.29, 1.82) is 0 Å². The van der Waals surface area contributed by atoms with Crippen molar-refractivity contribution in [3.8, 4) is 0 Å². The SMILES string of the molecule is CC1CC(C(=O)N2CCO[C@H]3[C@@H](OCc4ccccn4)CC[C@@H]32)C1. The summed E-state index contributed by atoms with van der Waals surface area (Å²) in [7, 11) is 0. The molecule has 0 bridgehead atoms. The van der Waals surface area contributed by atoms with Crippen LogP contribution >= 0.6 is 0 Å². The molecule has 0 spiro atoms. The number of carbonyl (C=O) groups excluding carboxylic acids is 1. The summed E-state index contributed by atoms with van der Waals surface area (Å²) in [6, 6.07) is 6.04. The number of ether oxygens (including phenoxy) is 2. The fourth-order valence-electron chi connectivity index (χ4n) is 4.38. The van der Waals surface area contributed by atoms with Crippen molar-refractivity contribution in [3.05, 3.63) is 30.1 Å². The smallest absolute Gasteiger partial charge is 0.226 e. The number of amides is 1. The van der Waals surface area contributed by atoms with E-state index < -0.39 is 0 Å². The van der Waals surface area contributed by atoms with Crippen LogP contribution in [0.1, 0.15) is 38.3 Å². The molecular weight excluding hydrogens is 304 g/mol. The molecule has 1 saturated heterocycles. The first-order chi connectivity index (χ1) is 11.7. The van der Waals surface area contributed by atoms with Crippen molar-refractivity contribution in [1.82, 2.24) is 9.88 Å². The molecule has 24 heavy (non-hydrogen) atoms. The number of pyridine rings is 1. The maximum absolute atomic E-state index is 12.8. The van der Waals surface area contributed by atoms with Crippen LogP contribution in [0, 0.1) is 11.8 Å². The van der Waals surface area contributed by atoms with E-state index in [4.69, 9.17) is 9.47 Å². The molecule has 2 heterocycles. The Bertz CT molecular complexity index is 573. The Labute approximate surface area is 143 Å². The fraction of sp³-hybridized carbons (Fsp3) is 0.684. The predicted molar refractivity (Wildman–Crippen MR) is 89.2 cm³/mol. The molecule has 0 unspecified atom stereocenters. The quantitative estimate of drug-likeness (QED) is 0.851. The minimum absolute atomic E-state index is 0.0175. The van der Waals surface area contributed by atoms with Crippen LogP contribution in [0.25, 0.3) is 0 Å². The molecule has 1 aromatic rings. The molecule has 4 rings (SSSR count). The highest BCUT2D eigenvalue weighted by molar-refractivity contribution is 5.80. The third-order valence-electron chi connectivity index (χ3n) is 5.71. The average molecular weight is 330 g/mol. The molecule has 3 atom stereocenters. The van der Waals surface area contributed by atoms with Crippen LogP contribution in [0.4, 0.5) is 0 Å². The number of hydrogen-bond acceptors (Lipinski definition) is 4. The molecule has 130 valence electrons. The summed E-state index contributed by atoms with van der Waals surface area (Å²) in [6.07, 6.45) is 5.89. The Morgan fingerprint density at radius 2 is 2.25 bits per heavy atom. The van der Waals surface area contributed by atoms with Gasteiger partial charge in [0.1, 0.15) is 6.10 Å². The highest BCUT2D eigenvalue weighted by atomic mass is 16.5. The molecule has 2 aliphatic carbocycles. The summed E-state index contributed by atoms with van der Waals surface area (Å²) in [4.78, 5) is 19.2. The summed E-state index contributed by atoms with van der Waals surface area (Å²) in [6.45, 7) is 4.09. The van der Waals surface area contributed by atoms with Gasteiger partial charge in [0.15, 0.2) is 0 Å². The largest absolute Gasteiger partial charge is 0.372 e. The van der Waals surface area contributed by atoms with Crippen molar-refractivity contribution in [3.63, 3.8) is 0 Å². The van der Waals surface area contributed by atoms with Crippen LogP contribution in [0.2, 0.25) is 0 Å². The average Bonchev–Trinajstić information content (AvgIpc) is 3.01. The topological polar surface area (TPSA) is 51.7 Å². The zero-order valence-electron chi connectivity index (χ0n) is 14.3. The van der Waals surface area contributed by atoms with Crippen LogP contribution in [0.5, 0.6) is 0 Å². The molecule has 0 aromatic carbocycles. The van der Waals surface area contributed by atoms with Gasteiger partial charge in [0.05, 0.1) is 31.1 Å². The standard InChI is InChI=1S/C19H26N2O3/c1-13-10-14(11-13)19(22)21-8-9-23-18-16(21)5-6-17(18)24-12-15-4-2-3-7-20-15/h2-4,7,13-14,16-18H,5-6,8-12H2,1H3/t13?,14?,16-,17-,18+/m0/s1. The minimum atomic E-state index is 0.0175. The Kier molecular flexibility index (Phi) is 4.55. The predicted octanol–water partition coefficient (Wildman–Crippen LogP) is 2.40. The van der Waals surface area contributed by atoms with Crippen LogP contribution < -0.4 is 0 Å². The molecular formula is C19H26N2O3. The van der Waals surface area contributed by atoms with E-state index in [9.17, 15) is 4.79 Å². The number of carbonyl (C=O) groups is 1. The van der Waals surface area contributed by atoms with E-state index in [0.717, 1.165) is 37.9 Å². The van der Waals surface area contributed by atoms with Gasteiger partial charge >= 0.3 is 0 Å². The molecule has 5 heteroatoms. The molecule has 3 fully saturated rings. The molecule has 1 amide bonds. The Morgan fingerprint density at radius 3 is 3.00 bits per heavy atom. The molecule has 2 saturated carbocycles. The van der Waals surface area contributed by atoms with Crippen molar-refractivity contribution < 1.29 is 14.3 Å². The van der Waals surface area contributed by atoms with Crippen LogP contribution in [-0.4, -0.2) is 47.2 Å². The number of hydrogen-bond donors (Lipinski definition) is 0. The van der Waals surface area contributed by atoms with Crippen LogP contribution in [0.15, 0.2) is 24.4 Å². The fourth-order valence-corrected chi connectivity index (χ4v) is 4.38. The van der Waals surface area contributed by atoms with Crippen molar-refractivity contribution in [2.45, 2.75) is 57.5 Å². The van der Waals surface area contributed by atoms with Gasteiger partial charge in [-0.1, -0.05) is 13.0 Å². The molecule has 0 radical (unpaired) electrons. The molecule has 1 aliphatic heterocycles. The van der Waals surface area contributed by atoms with E-state index in [1.165, 1.54) is 0 Å². The van der Waals surface area contributed by atoms with Crippen molar-refractivity contribution >= 4 is 5.91 Å². The van der Waals surface area contributed by atoms with Gasteiger partial charge < -0.3 is 14.4 Å². The zero-order chi connectivity index (χ0) is 16.5. The summed E-state index contributed by atoms with van der Waals surface area (Å²) in [5.74, 6) is 1.29. The lowest BCUT2D eigenvalue weighted by atomic mass is 9.75. The third kappa shape index (κ3) is 3.07. The van der Waals surface area contributed by atoms with Crippen molar-refractivity contribution in [2.24, 2.45) is 11.8 Å². The number of aromatic nitrogens is 1. The molecule has 0 N–H and O–H groups in total. The Hall–Kier alpha value is -1.46. The van der Waals surface area contributed by atoms with Crippen LogP contribution in [0.3, 0.4) is 0 Å². The van der Waals surface area contributed by atoms with Gasteiger partial charge in [-0.2, -0.15) is 0 Å². The van der Waals surface area contributed by atoms with Gasteiger partial charge in [-0.15, -0.1) is 0 Å². The normalized spacial score (nSPS) is 35.4. The zero-order valence-corrected chi connectivity index (χ0v) is 14.3. The Balaban J connectivity index is 1.36. The first-order valence-electron chi connectivity index (χ1n) is 9.16. The van der Waals surface area contributed by atoms with E-state index in [-0.39, 0.29) is 24.2 Å². The summed E-state index contributed by atoms with van der Waals surface area (Å²) in [5.41, 5.74) is 0.938. The highest BCUT2D eigenvalue weighted by Gasteiger charge is 2.47. The molecule has 5 nitrogen and oxygen atoms in total. The number of rotatable bonds is 4.